The molecule has 0 aromatic heterocycles. The molecular formula is C17H28N2O2. The van der Waals surface area contributed by atoms with Crippen molar-refractivity contribution in [2.75, 3.05) is 33.9 Å². The summed E-state index contributed by atoms with van der Waals surface area (Å²) < 4.78 is 10.6. The zero-order valence-electron chi connectivity index (χ0n) is 13.3. The van der Waals surface area contributed by atoms with Gasteiger partial charge >= 0.3 is 0 Å². The molecule has 1 aliphatic rings. The average molecular weight is 292 g/mol. The molecule has 1 fully saturated rings. The van der Waals surface area contributed by atoms with Crippen LogP contribution in [-0.4, -0.2) is 39.9 Å². The molecule has 0 spiro atoms. The molecule has 0 amide bonds. The lowest BCUT2D eigenvalue weighted by molar-refractivity contribution is 0.393. The van der Waals surface area contributed by atoms with Crippen LogP contribution in [0.25, 0.3) is 0 Å². The van der Waals surface area contributed by atoms with Crippen molar-refractivity contribution in [3.63, 3.8) is 0 Å². The number of aryl methyl sites for hydroxylation is 1. The monoisotopic (exact) mass is 292 g/mol. The fourth-order valence-corrected chi connectivity index (χ4v) is 2.36. The van der Waals surface area contributed by atoms with E-state index >= 15 is 0 Å². The van der Waals surface area contributed by atoms with E-state index in [1.165, 1.54) is 24.8 Å². The summed E-state index contributed by atoms with van der Waals surface area (Å²) in [7, 11) is 3.38. The number of ether oxygens (including phenoxy) is 2. The van der Waals surface area contributed by atoms with Gasteiger partial charge in [-0.25, -0.2) is 0 Å². The van der Waals surface area contributed by atoms with Gasteiger partial charge in [-0.3, -0.25) is 0 Å². The van der Waals surface area contributed by atoms with Crippen molar-refractivity contribution in [3.8, 4) is 11.5 Å². The van der Waals surface area contributed by atoms with Gasteiger partial charge in [-0.2, -0.15) is 0 Å². The first-order chi connectivity index (χ1) is 10.3. The molecule has 0 aliphatic heterocycles. The Kier molecular flexibility index (Phi) is 6.83. The number of benzene rings is 1. The SMILES string of the molecule is COc1cc(CCCNCCCNC2CC2)cc(OC)c1. The molecule has 21 heavy (non-hydrogen) atoms. The smallest absolute Gasteiger partial charge is 0.122 e. The summed E-state index contributed by atoms with van der Waals surface area (Å²) >= 11 is 0. The van der Waals surface area contributed by atoms with Crippen LogP contribution in [0.15, 0.2) is 18.2 Å². The average Bonchev–Trinajstić information content (AvgIpc) is 3.33. The Morgan fingerprint density at radius 1 is 0.952 bits per heavy atom. The summed E-state index contributed by atoms with van der Waals surface area (Å²) in [5.74, 6) is 1.73. The van der Waals surface area contributed by atoms with Crippen LogP contribution in [0.5, 0.6) is 11.5 Å². The maximum atomic E-state index is 5.29. The lowest BCUT2D eigenvalue weighted by Gasteiger charge is -2.09. The molecule has 1 aromatic rings. The largest absolute Gasteiger partial charge is 0.497 e. The van der Waals surface area contributed by atoms with Crippen LogP contribution in [0.3, 0.4) is 0 Å². The molecule has 118 valence electrons. The van der Waals surface area contributed by atoms with Gasteiger partial charge in [0.15, 0.2) is 0 Å². The molecule has 1 saturated carbocycles. The third-order valence-electron chi connectivity index (χ3n) is 3.77. The maximum Gasteiger partial charge on any atom is 0.122 e. The minimum atomic E-state index is 0.827. The van der Waals surface area contributed by atoms with Gasteiger partial charge in [0.2, 0.25) is 0 Å². The molecule has 2 rings (SSSR count). The Morgan fingerprint density at radius 2 is 1.62 bits per heavy atom. The Hall–Kier alpha value is -1.26. The summed E-state index contributed by atoms with van der Waals surface area (Å²) in [5.41, 5.74) is 1.27. The maximum absolute atomic E-state index is 5.29. The fourth-order valence-electron chi connectivity index (χ4n) is 2.36. The van der Waals surface area contributed by atoms with E-state index in [1.54, 1.807) is 14.2 Å². The minimum absolute atomic E-state index is 0.827. The van der Waals surface area contributed by atoms with Crippen LogP contribution in [0.2, 0.25) is 0 Å². The van der Waals surface area contributed by atoms with E-state index in [-0.39, 0.29) is 0 Å². The number of hydrogen-bond acceptors (Lipinski definition) is 4. The van der Waals surface area contributed by atoms with Crippen LogP contribution in [-0.2, 0) is 6.42 Å². The van der Waals surface area contributed by atoms with Crippen molar-refractivity contribution < 1.29 is 9.47 Å². The summed E-state index contributed by atoms with van der Waals surface area (Å²) in [6, 6.07) is 6.91. The quantitative estimate of drug-likeness (QED) is 0.615. The predicted octanol–water partition coefficient (Wildman–Crippen LogP) is 2.37. The number of nitrogens with one attached hydrogen (secondary N) is 2. The van der Waals surface area contributed by atoms with Gasteiger partial charge in [0.1, 0.15) is 11.5 Å². The molecule has 0 heterocycles. The second kappa shape index (κ2) is 8.90. The lowest BCUT2D eigenvalue weighted by Crippen LogP contribution is -2.24. The van der Waals surface area contributed by atoms with Crippen molar-refractivity contribution in [1.29, 1.82) is 0 Å². The normalized spacial score (nSPS) is 14.2. The molecule has 1 aromatic carbocycles. The number of methoxy groups -OCH3 is 2. The van der Waals surface area contributed by atoms with E-state index in [9.17, 15) is 0 Å². The molecular weight excluding hydrogens is 264 g/mol. The van der Waals surface area contributed by atoms with Crippen molar-refractivity contribution in [2.24, 2.45) is 0 Å². The highest BCUT2D eigenvalue weighted by molar-refractivity contribution is 5.38. The van der Waals surface area contributed by atoms with Crippen molar-refractivity contribution >= 4 is 0 Å². The van der Waals surface area contributed by atoms with Crippen molar-refractivity contribution in [3.05, 3.63) is 23.8 Å². The van der Waals surface area contributed by atoms with Gasteiger partial charge in [0, 0.05) is 12.1 Å². The van der Waals surface area contributed by atoms with Gasteiger partial charge in [-0.05, 0) is 69.4 Å². The van der Waals surface area contributed by atoms with Crippen LogP contribution < -0.4 is 20.1 Å². The summed E-state index contributed by atoms with van der Waals surface area (Å²) in [4.78, 5) is 0. The summed E-state index contributed by atoms with van der Waals surface area (Å²) in [6.07, 6.45) is 6.13. The first kappa shape index (κ1) is 16.1. The number of rotatable bonds is 11. The van der Waals surface area contributed by atoms with E-state index < -0.39 is 0 Å². The highest BCUT2D eigenvalue weighted by Gasteiger charge is 2.19. The van der Waals surface area contributed by atoms with E-state index in [1.807, 2.05) is 6.07 Å². The fraction of sp³-hybridized carbons (Fsp3) is 0.647. The Labute approximate surface area is 128 Å². The van der Waals surface area contributed by atoms with E-state index in [0.717, 1.165) is 50.0 Å². The van der Waals surface area contributed by atoms with Gasteiger partial charge in [-0.1, -0.05) is 0 Å². The highest BCUT2D eigenvalue weighted by Crippen LogP contribution is 2.23. The lowest BCUT2D eigenvalue weighted by atomic mass is 10.1. The molecule has 0 bridgehead atoms. The Balaban J connectivity index is 1.56. The molecule has 0 unspecified atom stereocenters. The minimum Gasteiger partial charge on any atom is -0.497 e. The first-order valence-corrected chi connectivity index (χ1v) is 7.98. The molecule has 0 atom stereocenters. The zero-order chi connectivity index (χ0) is 14.9. The highest BCUT2D eigenvalue weighted by atomic mass is 16.5. The van der Waals surface area contributed by atoms with Crippen LogP contribution in [0, 0.1) is 0 Å². The Bertz CT molecular complexity index is 397. The van der Waals surface area contributed by atoms with Crippen molar-refractivity contribution in [1.82, 2.24) is 10.6 Å². The zero-order valence-corrected chi connectivity index (χ0v) is 13.3. The van der Waals surface area contributed by atoms with E-state index in [2.05, 4.69) is 22.8 Å². The topological polar surface area (TPSA) is 42.5 Å². The second-order valence-electron chi connectivity index (χ2n) is 5.66. The molecule has 1 aliphatic carbocycles. The molecule has 0 radical (unpaired) electrons. The van der Waals surface area contributed by atoms with Crippen molar-refractivity contribution in [2.45, 2.75) is 38.1 Å². The van der Waals surface area contributed by atoms with Gasteiger partial charge < -0.3 is 20.1 Å². The van der Waals surface area contributed by atoms with Gasteiger partial charge in [-0.15, -0.1) is 0 Å². The van der Waals surface area contributed by atoms with E-state index in [4.69, 9.17) is 9.47 Å². The van der Waals surface area contributed by atoms with Gasteiger partial charge in [0.25, 0.3) is 0 Å². The van der Waals surface area contributed by atoms with Gasteiger partial charge in [0.05, 0.1) is 14.2 Å². The van der Waals surface area contributed by atoms with Crippen LogP contribution in [0.1, 0.15) is 31.2 Å². The van der Waals surface area contributed by atoms with Crippen LogP contribution in [0.4, 0.5) is 0 Å². The predicted molar refractivity (Wildman–Crippen MR) is 86.4 cm³/mol. The van der Waals surface area contributed by atoms with Crippen LogP contribution >= 0.6 is 0 Å². The molecule has 0 saturated heterocycles. The third kappa shape index (κ3) is 6.36. The standard InChI is InChI=1S/C17H28N2O2/c1-20-16-11-14(12-17(13-16)21-2)5-3-8-18-9-4-10-19-15-6-7-15/h11-13,15,18-19H,3-10H2,1-2H3. The Morgan fingerprint density at radius 3 is 2.24 bits per heavy atom. The molecule has 4 heteroatoms. The second-order valence-corrected chi connectivity index (χ2v) is 5.66. The molecule has 2 N–H and O–H groups in total. The third-order valence-corrected chi connectivity index (χ3v) is 3.77. The summed E-state index contributed by atoms with van der Waals surface area (Å²) in [6.45, 7) is 3.30. The van der Waals surface area contributed by atoms with E-state index in [0.29, 0.717) is 0 Å². The summed E-state index contributed by atoms with van der Waals surface area (Å²) in [5, 5.41) is 7.04. The molecule has 4 nitrogen and oxygen atoms in total. The first-order valence-electron chi connectivity index (χ1n) is 7.98. The number of hydrogen-bond donors (Lipinski definition) is 2.